The second-order valence-corrected chi connectivity index (χ2v) is 5.48. The van der Waals surface area contributed by atoms with Gasteiger partial charge < -0.3 is 14.8 Å². The van der Waals surface area contributed by atoms with Gasteiger partial charge in [-0.15, -0.1) is 0 Å². The lowest BCUT2D eigenvalue weighted by molar-refractivity contribution is 0.0318. The number of rotatable bonds is 10. The normalized spacial score (nSPS) is 14.0. The summed E-state index contributed by atoms with van der Waals surface area (Å²) < 4.78 is 11.4. The van der Waals surface area contributed by atoms with E-state index in [4.69, 9.17) is 9.47 Å². The topological polar surface area (TPSA) is 30.5 Å². The highest BCUT2D eigenvalue weighted by atomic mass is 16.5. The fourth-order valence-electron chi connectivity index (χ4n) is 2.70. The molecule has 3 nitrogen and oxygen atoms in total. The molecule has 0 heterocycles. The molecule has 120 valence electrons. The molecule has 0 aliphatic heterocycles. The van der Waals surface area contributed by atoms with Crippen molar-refractivity contribution in [1.82, 2.24) is 5.32 Å². The van der Waals surface area contributed by atoms with Crippen LogP contribution in [0.15, 0.2) is 18.2 Å². The highest BCUT2D eigenvalue weighted by Crippen LogP contribution is 2.23. The summed E-state index contributed by atoms with van der Waals surface area (Å²) in [6.07, 6.45) is 3.32. The first-order chi connectivity index (χ1) is 10.2. The van der Waals surface area contributed by atoms with E-state index in [2.05, 4.69) is 51.2 Å². The van der Waals surface area contributed by atoms with Crippen LogP contribution in [0, 0.1) is 6.92 Å². The number of hydrogen-bond acceptors (Lipinski definition) is 3. The molecule has 0 saturated heterocycles. The fourth-order valence-corrected chi connectivity index (χ4v) is 2.70. The van der Waals surface area contributed by atoms with Crippen molar-refractivity contribution in [1.29, 1.82) is 0 Å². The zero-order valence-corrected chi connectivity index (χ0v) is 14.2. The van der Waals surface area contributed by atoms with Crippen LogP contribution in [0.25, 0.3) is 0 Å². The maximum atomic E-state index is 5.92. The minimum atomic E-state index is 0.242. The van der Waals surface area contributed by atoms with Crippen LogP contribution >= 0.6 is 0 Å². The van der Waals surface area contributed by atoms with Crippen molar-refractivity contribution < 1.29 is 9.47 Å². The van der Waals surface area contributed by atoms with Gasteiger partial charge in [0.2, 0.25) is 0 Å². The molecule has 3 heteroatoms. The van der Waals surface area contributed by atoms with E-state index in [1.807, 2.05) is 0 Å². The quantitative estimate of drug-likeness (QED) is 0.713. The van der Waals surface area contributed by atoms with Gasteiger partial charge in [-0.3, -0.25) is 0 Å². The third-order valence-corrected chi connectivity index (χ3v) is 3.76. The molecule has 0 spiro atoms. The molecule has 1 aromatic rings. The molecule has 0 fully saturated rings. The summed E-state index contributed by atoms with van der Waals surface area (Å²) in [7, 11) is 1.74. The Balaban J connectivity index is 2.91. The summed E-state index contributed by atoms with van der Waals surface area (Å²) >= 11 is 0. The van der Waals surface area contributed by atoms with Crippen LogP contribution in [0.1, 0.15) is 44.7 Å². The zero-order valence-electron chi connectivity index (χ0n) is 14.2. The largest absolute Gasteiger partial charge is 0.496 e. The molecule has 0 amide bonds. The Kier molecular flexibility index (Phi) is 8.40. The second-order valence-electron chi connectivity index (χ2n) is 5.48. The standard InChI is InChI=1S/C18H31NO2/c1-6-11-19-16(17(7-2)21-8-3)13-15-12-14(4)9-10-18(15)20-5/h9-10,12,16-17,19H,6-8,11,13H2,1-5H3. The van der Waals surface area contributed by atoms with Gasteiger partial charge in [-0.25, -0.2) is 0 Å². The van der Waals surface area contributed by atoms with Gasteiger partial charge in [0.25, 0.3) is 0 Å². The van der Waals surface area contributed by atoms with E-state index in [-0.39, 0.29) is 6.10 Å². The minimum Gasteiger partial charge on any atom is -0.496 e. The summed E-state index contributed by atoms with van der Waals surface area (Å²) in [5, 5.41) is 3.64. The molecule has 1 aromatic carbocycles. The van der Waals surface area contributed by atoms with E-state index < -0.39 is 0 Å². The SMILES string of the molecule is CCCNC(Cc1cc(C)ccc1OC)C(CC)OCC. The summed E-state index contributed by atoms with van der Waals surface area (Å²) in [4.78, 5) is 0. The lowest BCUT2D eigenvalue weighted by Gasteiger charge is -2.28. The summed E-state index contributed by atoms with van der Waals surface area (Å²) in [6, 6.07) is 6.70. The van der Waals surface area contributed by atoms with Crippen LogP contribution in [0.3, 0.4) is 0 Å². The summed E-state index contributed by atoms with van der Waals surface area (Å²) in [6.45, 7) is 10.3. The smallest absolute Gasteiger partial charge is 0.122 e. The number of methoxy groups -OCH3 is 1. The predicted octanol–water partition coefficient (Wildman–Crippen LogP) is 3.73. The Morgan fingerprint density at radius 3 is 2.52 bits per heavy atom. The van der Waals surface area contributed by atoms with Crippen molar-refractivity contribution in [2.45, 2.75) is 59.1 Å². The molecule has 1 N–H and O–H groups in total. The zero-order chi connectivity index (χ0) is 15.7. The molecule has 0 bridgehead atoms. The van der Waals surface area contributed by atoms with Crippen molar-refractivity contribution >= 4 is 0 Å². The highest BCUT2D eigenvalue weighted by Gasteiger charge is 2.21. The van der Waals surface area contributed by atoms with Crippen molar-refractivity contribution in [3.63, 3.8) is 0 Å². The van der Waals surface area contributed by atoms with E-state index in [0.29, 0.717) is 6.04 Å². The summed E-state index contributed by atoms with van der Waals surface area (Å²) in [5.41, 5.74) is 2.52. The number of ether oxygens (including phenoxy) is 2. The average Bonchev–Trinajstić information content (AvgIpc) is 2.49. The van der Waals surface area contributed by atoms with Crippen LogP contribution in [-0.2, 0) is 11.2 Å². The molecule has 0 aromatic heterocycles. The van der Waals surface area contributed by atoms with Crippen molar-refractivity contribution in [3.8, 4) is 5.75 Å². The predicted molar refractivity (Wildman–Crippen MR) is 89.2 cm³/mol. The fraction of sp³-hybridized carbons (Fsp3) is 0.667. The highest BCUT2D eigenvalue weighted by molar-refractivity contribution is 5.37. The first-order valence-corrected chi connectivity index (χ1v) is 8.14. The van der Waals surface area contributed by atoms with Gasteiger partial charge in [-0.1, -0.05) is 31.5 Å². The third kappa shape index (κ3) is 5.68. The molecule has 1 rings (SSSR count). The molecule has 2 unspecified atom stereocenters. The lowest BCUT2D eigenvalue weighted by atomic mass is 9.97. The maximum Gasteiger partial charge on any atom is 0.122 e. The van der Waals surface area contributed by atoms with Gasteiger partial charge in [0.15, 0.2) is 0 Å². The van der Waals surface area contributed by atoms with E-state index in [1.165, 1.54) is 11.1 Å². The molecular weight excluding hydrogens is 262 g/mol. The Morgan fingerprint density at radius 2 is 1.95 bits per heavy atom. The average molecular weight is 293 g/mol. The first kappa shape index (κ1) is 18.0. The molecule has 2 atom stereocenters. The molecule has 0 aliphatic rings. The van der Waals surface area contributed by atoms with Crippen molar-refractivity contribution in [2.24, 2.45) is 0 Å². The van der Waals surface area contributed by atoms with Gasteiger partial charge in [-0.05, 0) is 51.3 Å². The van der Waals surface area contributed by atoms with Gasteiger partial charge in [0.05, 0.1) is 13.2 Å². The van der Waals surface area contributed by atoms with Gasteiger partial charge in [0.1, 0.15) is 5.75 Å². The van der Waals surface area contributed by atoms with E-state index in [0.717, 1.165) is 38.2 Å². The first-order valence-electron chi connectivity index (χ1n) is 8.14. The van der Waals surface area contributed by atoms with E-state index in [9.17, 15) is 0 Å². The molecule has 0 aliphatic carbocycles. The van der Waals surface area contributed by atoms with Crippen LogP contribution in [0.4, 0.5) is 0 Å². The number of nitrogens with one attached hydrogen (secondary N) is 1. The van der Waals surface area contributed by atoms with Crippen LogP contribution in [0.5, 0.6) is 5.75 Å². The Morgan fingerprint density at radius 1 is 1.19 bits per heavy atom. The second kappa shape index (κ2) is 9.80. The summed E-state index contributed by atoms with van der Waals surface area (Å²) in [5.74, 6) is 0.968. The van der Waals surface area contributed by atoms with Crippen LogP contribution in [0.2, 0.25) is 0 Å². The van der Waals surface area contributed by atoms with Gasteiger partial charge >= 0.3 is 0 Å². The van der Waals surface area contributed by atoms with E-state index >= 15 is 0 Å². The Bertz CT molecular complexity index is 406. The van der Waals surface area contributed by atoms with Gasteiger partial charge in [-0.2, -0.15) is 0 Å². The molecule has 0 saturated carbocycles. The number of aryl methyl sites for hydroxylation is 1. The van der Waals surface area contributed by atoms with Crippen molar-refractivity contribution in [2.75, 3.05) is 20.3 Å². The third-order valence-electron chi connectivity index (χ3n) is 3.76. The number of hydrogen-bond donors (Lipinski definition) is 1. The minimum absolute atomic E-state index is 0.242. The molecule has 21 heavy (non-hydrogen) atoms. The monoisotopic (exact) mass is 293 g/mol. The maximum absolute atomic E-state index is 5.92. The lowest BCUT2D eigenvalue weighted by Crippen LogP contribution is -2.43. The van der Waals surface area contributed by atoms with Crippen LogP contribution < -0.4 is 10.1 Å². The van der Waals surface area contributed by atoms with Crippen LogP contribution in [-0.4, -0.2) is 32.4 Å². The molecule has 0 radical (unpaired) electrons. The van der Waals surface area contributed by atoms with Gasteiger partial charge in [0, 0.05) is 12.6 Å². The Labute approximate surface area is 130 Å². The Hall–Kier alpha value is -1.06. The molecular formula is C18H31NO2. The van der Waals surface area contributed by atoms with Crippen molar-refractivity contribution in [3.05, 3.63) is 29.3 Å². The van der Waals surface area contributed by atoms with E-state index in [1.54, 1.807) is 7.11 Å². The number of benzene rings is 1.